The summed E-state index contributed by atoms with van der Waals surface area (Å²) in [5, 5.41) is 6.85. The number of halogens is 3. The van der Waals surface area contributed by atoms with Crippen LogP contribution in [0.1, 0.15) is 42.6 Å². The molecular formula is C26H26F3N7S. The van der Waals surface area contributed by atoms with Crippen LogP contribution < -0.4 is 5.32 Å². The Morgan fingerprint density at radius 1 is 0.973 bits per heavy atom. The Morgan fingerprint density at radius 3 is 2.54 bits per heavy atom. The van der Waals surface area contributed by atoms with Crippen LogP contribution in [0.3, 0.4) is 0 Å². The first-order valence-electron chi connectivity index (χ1n) is 12.5. The van der Waals surface area contributed by atoms with Crippen LogP contribution in [0.25, 0.3) is 16.4 Å². The van der Waals surface area contributed by atoms with Gasteiger partial charge in [-0.1, -0.05) is 12.1 Å². The molecular weight excluding hydrogens is 499 g/mol. The first kappa shape index (κ1) is 24.1. The second kappa shape index (κ2) is 9.86. The van der Waals surface area contributed by atoms with E-state index in [2.05, 4.69) is 36.3 Å². The van der Waals surface area contributed by atoms with Gasteiger partial charge in [0.1, 0.15) is 0 Å². The van der Waals surface area contributed by atoms with E-state index in [-0.39, 0.29) is 11.8 Å². The van der Waals surface area contributed by atoms with Crippen molar-refractivity contribution >= 4 is 23.0 Å². The fourth-order valence-corrected chi connectivity index (χ4v) is 5.85. The summed E-state index contributed by atoms with van der Waals surface area (Å²) in [6.45, 7) is 2.37. The Kier molecular flexibility index (Phi) is 6.41. The van der Waals surface area contributed by atoms with Gasteiger partial charge in [0, 0.05) is 17.9 Å². The summed E-state index contributed by atoms with van der Waals surface area (Å²) in [4.78, 5) is 15.8. The molecule has 192 valence electrons. The molecule has 4 heterocycles. The topological polar surface area (TPSA) is 71.8 Å². The fourth-order valence-electron chi connectivity index (χ4n) is 5.26. The van der Waals surface area contributed by atoms with Crippen molar-refractivity contribution in [3.63, 3.8) is 0 Å². The van der Waals surface area contributed by atoms with Gasteiger partial charge in [-0.3, -0.25) is 4.98 Å². The van der Waals surface area contributed by atoms with Gasteiger partial charge in [0.2, 0.25) is 5.95 Å². The average molecular weight is 526 g/mol. The summed E-state index contributed by atoms with van der Waals surface area (Å²) in [7, 11) is 0. The number of fused-ring (bicyclic) bond motifs is 1. The van der Waals surface area contributed by atoms with Crippen LogP contribution in [0.15, 0.2) is 48.1 Å². The molecule has 1 aromatic carbocycles. The molecule has 37 heavy (non-hydrogen) atoms. The summed E-state index contributed by atoms with van der Waals surface area (Å²) in [6, 6.07) is 11.7. The molecule has 1 atom stereocenters. The quantitative estimate of drug-likeness (QED) is 0.328. The van der Waals surface area contributed by atoms with Crippen LogP contribution in [0.5, 0.6) is 0 Å². The van der Waals surface area contributed by atoms with E-state index in [9.17, 15) is 13.2 Å². The molecule has 2 aliphatic rings. The van der Waals surface area contributed by atoms with Gasteiger partial charge in [-0.15, -0.1) is 16.4 Å². The van der Waals surface area contributed by atoms with E-state index >= 15 is 0 Å². The molecule has 1 aliphatic carbocycles. The van der Waals surface area contributed by atoms with Crippen molar-refractivity contribution in [2.24, 2.45) is 0 Å². The molecule has 1 fully saturated rings. The van der Waals surface area contributed by atoms with Crippen LogP contribution in [0.2, 0.25) is 0 Å². The molecule has 7 nitrogen and oxygen atoms in total. The standard InChI is InChI=1S/C26H26F3N7S/c27-26(28,29)24-33-25(36(34-24)23-5-3-4-21(32-23)22-15-30-16-37-22)31-19-9-6-17-7-10-20(11-8-18(17)14-19)35-12-1-2-13-35/h3-6,9,14-16,20H,1-2,7-8,10-13H2,(H,31,33,34). The third-order valence-corrected chi connectivity index (χ3v) is 7.91. The summed E-state index contributed by atoms with van der Waals surface area (Å²) >= 11 is 1.40. The lowest BCUT2D eigenvalue weighted by Crippen LogP contribution is -2.32. The summed E-state index contributed by atoms with van der Waals surface area (Å²) in [5.74, 6) is -1.02. The number of aromatic nitrogens is 5. The van der Waals surface area contributed by atoms with Crippen molar-refractivity contribution in [3.05, 3.63) is 65.1 Å². The van der Waals surface area contributed by atoms with Crippen molar-refractivity contribution in [2.45, 2.75) is 50.7 Å². The third kappa shape index (κ3) is 5.10. The molecule has 0 spiro atoms. The molecule has 4 aromatic rings. The molecule has 0 saturated carbocycles. The smallest absolute Gasteiger partial charge is 0.324 e. The number of hydrogen-bond acceptors (Lipinski definition) is 7. The number of nitrogens with zero attached hydrogens (tertiary/aromatic N) is 6. The maximum Gasteiger partial charge on any atom is 0.453 e. The van der Waals surface area contributed by atoms with Crippen LogP contribution in [-0.4, -0.2) is 48.8 Å². The molecule has 0 amide bonds. The SMILES string of the molecule is FC(F)(F)c1nc(Nc2ccc3c(c2)CCC(N2CCCC2)CC3)n(-c2cccc(-c3cncs3)n2)n1. The van der Waals surface area contributed by atoms with Crippen molar-refractivity contribution in [2.75, 3.05) is 18.4 Å². The Labute approximate surface area is 216 Å². The molecule has 0 bridgehead atoms. The Hall–Kier alpha value is -3.31. The zero-order valence-corrected chi connectivity index (χ0v) is 20.9. The minimum atomic E-state index is -4.69. The number of benzene rings is 1. The molecule has 6 rings (SSSR count). The van der Waals surface area contributed by atoms with Gasteiger partial charge in [0.05, 0.1) is 16.1 Å². The highest BCUT2D eigenvalue weighted by Crippen LogP contribution is 2.32. The van der Waals surface area contributed by atoms with Gasteiger partial charge < -0.3 is 10.2 Å². The van der Waals surface area contributed by atoms with E-state index in [1.54, 1.807) is 29.9 Å². The van der Waals surface area contributed by atoms with Crippen LogP contribution in [-0.2, 0) is 19.0 Å². The Balaban J connectivity index is 1.29. The van der Waals surface area contributed by atoms with E-state index in [1.165, 1.54) is 48.4 Å². The number of anilines is 2. The molecule has 1 unspecified atom stereocenters. The summed E-state index contributed by atoms with van der Waals surface area (Å²) < 4.78 is 41.8. The summed E-state index contributed by atoms with van der Waals surface area (Å²) in [5.41, 5.74) is 5.51. The average Bonchev–Trinajstić information content (AvgIpc) is 3.65. The van der Waals surface area contributed by atoms with Crippen LogP contribution >= 0.6 is 11.3 Å². The van der Waals surface area contributed by atoms with Gasteiger partial charge >= 0.3 is 6.18 Å². The number of alkyl halides is 3. The van der Waals surface area contributed by atoms with Crippen LogP contribution in [0.4, 0.5) is 24.8 Å². The monoisotopic (exact) mass is 525 g/mol. The number of rotatable bonds is 5. The minimum Gasteiger partial charge on any atom is -0.324 e. The second-order valence-corrected chi connectivity index (χ2v) is 10.4. The van der Waals surface area contributed by atoms with Crippen LogP contribution in [0, 0.1) is 0 Å². The maximum atomic E-state index is 13.6. The number of aryl methyl sites for hydroxylation is 2. The highest BCUT2D eigenvalue weighted by Gasteiger charge is 2.37. The van der Waals surface area contributed by atoms with Crippen molar-refractivity contribution in [1.29, 1.82) is 0 Å². The van der Waals surface area contributed by atoms with E-state index in [0.717, 1.165) is 35.2 Å². The zero-order chi connectivity index (χ0) is 25.4. The fraction of sp³-hybridized carbons (Fsp3) is 0.385. The maximum absolute atomic E-state index is 13.6. The van der Waals surface area contributed by atoms with Crippen molar-refractivity contribution in [1.82, 2.24) is 29.6 Å². The normalized spacial score (nSPS) is 18.5. The van der Waals surface area contributed by atoms with Crippen molar-refractivity contribution in [3.8, 4) is 16.4 Å². The molecule has 3 aromatic heterocycles. The lowest BCUT2D eigenvalue weighted by molar-refractivity contribution is -0.144. The second-order valence-electron chi connectivity index (χ2n) is 9.50. The number of hydrogen-bond donors (Lipinski definition) is 1. The Morgan fingerprint density at radius 2 is 1.78 bits per heavy atom. The van der Waals surface area contributed by atoms with Gasteiger partial charge in [-0.05, 0) is 87.0 Å². The largest absolute Gasteiger partial charge is 0.453 e. The first-order chi connectivity index (χ1) is 17.9. The molecule has 11 heteroatoms. The van der Waals surface area contributed by atoms with Gasteiger partial charge in [0.25, 0.3) is 5.82 Å². The van der Waals surface area contributed by atoms with Gasteiger partial charge in [-0.25, -0.2) is 4.98 Å². The van der Waals surface area contributed by atoms with E-state index < -0.39 is 12.0 Å². The lowest BCUT2D eigenvalue weighted by atomic mass is 10.0. The third-order valence-electron chi connectivity index (χ3n) is 7.11. The molecule has 1 saturated heterocycles. The zero-order valence-electron chi connectivity index (χ0n) is 20.1. The summed E-state index contributed by atoms with van der Waals surface area (Å²) in [6.07, 6.45) is 3.74. The van der Waals surface area contributed by atoms with E-state index in [1.807, 2.05) is 12.1 Å². The molecule has 1 N–H and O–H groups in total. The predicted molar refractivity (Wildman–Crippen MR) is 136 cm³/mol. The van der Waals surface area contributed by atoms with E-state index in [0.29, 0.717) is 17.4 Å². The molecule has 0 radical (unpaired) electrons. The van der Waals surface area contributed by atoms with E-state index in [4.69, 9.17) is 0 Å². The minimum absolute atomic E-state index is 0.0372. The number of likely N-dealkylation sites (tertiary alicyclic amines) is 1. The highest BCUT2D eigenvalue weighted by atomic mass is 32.1. The number of nitrogens with one attached hydrogen (secondary N) is 1. The lowest BCUT2D eigenvalue weighted by Gasteiger charge is -2.25. The van der Waals surface area contributed by atoms with Gasteiger partial charge in [0.15, 0.2) is 5.82 Å². The Bertz CT molecular complexity index is 1380. The van der Waals surface area contributed by atoms with Crippen molar-refractivity contribution < 1.29 is 13.2 Å². The number of pyridine rings is 1. The highest BCUT2D eigenvalue weighted by molar-refractivity contribution is 7.13. The molecule has 1 aliphatic heterocycles. The first-order valence-corrected chi connectivity index (χ1v) is 13.4. The van der Waals surface area contributed by atoms with Gasteiger partial charge in [-0.2, -0.15) is 22.8 Å². The predicted octanol–water partition coefficient (Wildman–Crippen LogP) is 5.89. The number of thiazole rings is 1.